The molecule has 224 valence electrons. The van der Waals surface area contributed by atoms with Gasteiger partial charge in [0.05, 0.1) is 11.6 Å². The van der Waals surface area contributed by atoms with Gasteiger partial charge in [-0.05, 0) is 47.1 Å². The summed E-state index contributed by atoms with van der Waals surface area (Å²) in [5.41, 5.74) is 4.27. The van der Waals surface area contributed by atoms with E-state index in [1.807, 2.05) is 78.9 Å². The van der Waals surface area contributed by atoms with E-state index >= 15 is 0 Å². The van der Waals surface area contributed by atoms with Crippen LogP contribution in [0.25, 0.3) is 11.1 Å². The third-order valence-corrected chi connectivity index (χ3v) is 7.29. The predicted octanol–water partition coefficient (Wildman–Crippen LogP) is 7.24. The number of amides is 1. The number of fused-ring (bicyclic) bond motifs is 1. The first-order valence-corrected chi connectivity index (χ1v) is 13.6. The van der Waals surface area contributed by atoms with Gasteiger partial charge in [-0.3, -0.25) is 4.79 Å². The van der Waals surface area contributed by atoms with Crippen LogP contribution in [0.3, 0.4) is 0 Å². The third kappa shape index (κ3) is 6.62. The summed E-state index contributed by atoms with van der Waals surface area (Å²) in [6.45, 7) is 0.0952. The van der Waals surface area contributed by atoms with E-state index in [2.05, 4.69) is 4.74 Å². The summed E-state index contributed by atoms with van der Waals surface area (Å²) in [5, 5.41) is 27.9. The molecule has 1 atom stereocenters. The van der Waals surface area contributed by atoms with Crippen LogP contribution in [0.2, 0.25) is 0 Å². The Morgan fingerprint density at radius 2 is 1.30 bits per heavy atom. The molecule has 0 fully saturated rings. The lowest BCUT2D eigenvalue weighted by molar-refractivity contribution is 0.0633. The standard InChI is InChI=1S/C33H27NO10/c35-30(25-17-28(43-32(38)39)29(44-33(40)41)18-27(25)42-31(36)37)34(26-16-8-13-21-11-4-7-15-24(21)26)19-22-12-5-6-14-23(22)20-9-2-1-3-10-20/h1-7,9-12,14-15,17-18,26H,8,13,16,19H2,(H,36,37)(H,38,39)(H,40,41)/t26-/m0/s1. The van der Waals surface area contributed by atoms with Crippen LogP contribution in [0.15, 0.2) is 91.0 Å². The molecule has 3 N–H and O–H groups in total. The minimum atomic E-state index is -1.82. The fourth-order valence-electron chi connectivity index (χ4n) is 5.51. The molecular formula is C33H27NO10. The fraction of sp³-hybridized carbons (Fsp3) is 0.152. The second kappa shape index (κ2) is 13.0. The smallest absolute Gasteiger partial charge is 0.449 e. The van der Waals surface area contributed by atoms with Crippen LogP contribution in [-0.4, -0.2) is 44.6 Å². The Labute approximate surface area is 251 Å². The number of hydrogen-bond acceptors (Lipinski definition) is 7. The van der Waals surface area contributed by atoms with Crippen molar-refractivity contribution in [3.05, 3.63) is 113 Å². The first-order valence-electron chi connectivity index (χ1n) is 13.6. The van der Waals surface area contributed by atoms with Gasteiger partial charge in [-0.2, -0.15) is 0 Å². The van der Waals surface area contributed by atoms with E-state index in [0.29, 0.717) is 6.42 Å². The lowest BCUT2D eigenvalue weighted by atomic mass is 9.86. The van der Waals surface area contributed by atoms with E-state index in [1.165, 1.54) is 0 Å². The lowest BCUT2D eigenvalue weighted by Gasteiger charge is -2.37. The van der Waals surface area contributed by atoms with Crippen molar-refractivity contribution in [3.63, 3.8) is 0 Å². The molecule has 11 nitrogen and oxygen atoms in total. The van der Waals surface area contributed by atoms with E-state index in [4.69, 9.17) is 14.6 Å². The number of ether oxygens (including phenoxy) is 3. The maximum atomic E-state index is 14.6. The Bertz CT molecular complexity index is 1720. The molecule has 0 radical (unpaired) electrons. The quantitative estimate of drug-likeness (QED) is 0.139. The molecule has 0 saturated carbocycles. The van der Waals surface area contributed by atoms with Crippen molar-refractivity contribution in [2.45, 2.75) is 31.8 Å². The van der Waals surface area contributed by atoms with Gasteiger partial charge in [0, 0.05) is 18.7 Å². The van der Waals surface area contributed by atoms with E-state index in [1.54, 1.807) is 4.90 Å². The summed E-state index contributed by atoms with van der Waals surface area (Å²) in [7, 11) is 0. The van der Waals surface area contributed by atoms with Gasteiger partial charge in [0.15, 0.2) is 17.2 Å². The van der Waals surface area contributed by atoms with E-state index < -0.39 is 47.7 Å². The number of hydrogen-bond donors (Lipinski definition) is 3. The van der Waals surface area contributed by atoms with Gasteiger partial charge in [-0.25, -0.2) is 14.4 Å². The molecule has 5 rings (SSSR count). The zero-order valence-electron chi connectivity index (χ0n) is 23.2. The molecule has 1 amide bonds. The number of aryl methyl sites for hydroxylation is 1. The normalized spacial score (nSPS) is 13.7. The Morgan fingerprint density at radius 3 is 2.00 bits per heavy atom. The van der Waals surface area contributed by atoms with Crippen molar-refractivity contribution in [2.75, 3.05) is 0 Å². The molecular weight excluding hydrogens is 570 g/mol. The highest BCUT2D eigenvalue weighted by Gasteiger charge is 2.33. The van der Waals surface area contributed by atoms with Crippen LogP contribution in [-0.2, 0) is 13.0 Å². The van der Waals surface area contributed by atoms with Crippen LogP contribution in [0, 0.1) is 0 Å². The van der Waals surface area contributed by atoms with Crippen molar-refractivity contribution in [2.24, 2.45) is 0 Å². The number of carbonyl (C=O) groups is 4. The molecule has 11 heteroatoms. The molecule has 0 spiro atoms. The predicted molar refractivity (Wildman–Crippen MR) is 156 cm³/mol. The van der Waals surface area contributed by atoms with Crippen molar-refractivity contribution in [1.29, 1.82) is 0 Å². The number of carbonyl (C=O) groups excluding carboxylic acids is 1. The molecule has 0 unspecified atom stereocenters. The summed E-state index contributed by atoms with van der Waals surface area (Å²) in [6, 6.07) is 26.2. The maximum absolute atomic E-state index is 14.6. The summed E-state index contributed by atoms with van der Waals surface area (Å²) in [4.78, 5) is 50.5. The third-order valence-electron chi connectivity index (χ3n) is 7.29. The SMILES string of the molecule is O=C(O)Oc1cc(OC(=O)O)c(C(=O)N(Cc2ccccc2-c2ccccc2)[C@H]2CCCc3ccccc32)cc1OC(=O)O. The first kappa shape index (κ1) is 29.6. The molecule has 1 aliphatic carbocycles. The Kier molecular flexibility index (Phi) is 8.75. The summed E-state index contributed by atoms with van der Waals surface area (Å²) < 4.78 is 14.2. The Balaban J connectivity index is 1.67. The average Bonchev–Trinajstić information content (AvgIpc) is 3.00. The van der Waals surface area contributed by atoms with Gasteiger partial charge in [-0.15, -0.1) is 0 Å². The maximum Gasteiger partial charge on any atom is 0.511 e. The van der Waals surface area contributed by atoms with E-state index in [-0.39, 0.29) is 12.1 Å². The molecule has 0 aliphatic heterocycles. The minimum absolute atomic E-state index is 0.0952. The van der Waals surface area contributed by atoms with Gasteiger partial charge < -0.3 is 34.4 Å². The van der Waals surface area contributed by atoms with E-state index in [9.17, 15) is 29.4 Å². The molecule has 0 aromatic heterocycles. The molecule has 0 saturated heterocycles. The molecule has 1 aliphatic rings. The zero-order chi connectivity index (χ0) is 31.2. The Morgan fingerprint density at radius 1 is 0.705 bits per heavy atom. The number of benzene rings is 4. The lowest BCUT2D eigenvalue weighted by Crippen LogP contribution is -2.36. The van der Waals surface area contributed by atoms with Crippen LogP contribution in [0.5, 0.6) is 17.2 Å². The van der Waals surface area contributed by atoms with Gasteiger partial charge in [0.1, 0.15) is 0 Å². The van der Waals surface area contributed by atoms with E-state index in [0.717, 1.165) is 52.8 Å². The summed E-state index contributed by atoms with van der Waals surface area (Å²) in [5.74, 6) is -2.55. The van der Waals surface area contributed by atoms with Crippen molar-refractivity contribution in [1.82, 2.24) is 4.90 Å². The van der Waals surface area contributed by atoms with Crippen LogP contribution in [0.4, 0.5) is 14.4 Å². The largest absolute Gasteiger partial charge is 0.511 e. The second-order valence-corrected chi connectivity index (χ2v) is 9.96. The van der Waals surface area contributed by atoms with Crippen molar-refractivity contribution in [3.8, 4) is 28.4 Å². The van der Waals surface area contributed by atoms with Crippen LogP contribution >= 0.6 is 0 Å². The molecule has 0 heterocycles. The van der Waals surface area contributed by atoms with Crippen LogP contribution < -0.4 is 14.2 Å². The molecule has 44 heavy (non-hydrogen) atoms. The highest BCUT2D eigenvalue weighted by atomic mass is 16.7. The second-order valence-electron chi connectivity index (χ2n) is 9.96. The van der Waals surface area contributed by atoms with Crippen molar-refractivity contribution >= 4 is 24.4 Å². The number of nitrogens with zero attached hydrogens (tertiary/aromatic N) is 1. The van der Waals surface area contributed by atoms with Gasteiger partial charge >= 0.3 is 18.5 Å². The summed E-state index contributed by atoms with van der Waals surface area (Å²) in [6.07, 6.45) is -3.21. The summed E-state index contributed by atoms with van der Waals surface area (Å²) >= 11 is 0. The highest BCUT2D eigenvalue weighted by molar-refractivity contribution is 5.99. The van der Waals surface area contributed by atoms with Gasteiger partial charge in [0.2, 0.25) is 0 Å². The highest BCUT2D eigenvalue weighted by Crippen LogP contribution is 2.41. The van der Waals surface area contributed by atoms with Crippen molar-refractivity contribution < 1.29 is 48.7 Å². The minimum Gasteiger partial charge on any atom is -0.449 e. The monoisotopic (exact) mass is 597 g/mol. The molecule has 0 bridgehead atoms. The Hall–Kier alpha value is -5.84. The zero-order valence-corrected chi connectivity index (χ0v) is 23.2. The number of rotatable bonds is 8. The fourth-order valence-corrected chi connectivity index (χ4v) is 5.51. The van der Waals surface area contributed by atoms with Gasteiger partial charge in [0.25, 0.3) is 5.91 Å². The molecule has 4 aromatic carbocycles. The first-order chi connectivity index (χ1) is 21.2. The average molecular weight is 598 g/mol. The number of carboxylic acid groups (broad SMARTS) is 3. The molecule has 4 aromatic rings. The van der Waals surface area contributed by atoms with Crippen LogP contribution in [0.1, 0.15) is 45.9 Å². The van der Waals surface area contributed by atoms with Gasteiger partial charge in [-0.1, -0.05) is 78.9 Å². The topological polar surface area (TPSA) is 160 Å².